The standard InChI is InChI=1S/C10H6F5NOS/c11-5-6(12)8(14)10(9(15)7(5)13)16-2-3(18)1-4(16)17/h3,18H,1-2H2. The number of rotatable bonds is 1. The van der Waals surface area contributed by atoms with Gasteiger partial charge in [0, 0.05) is 18.2 Å². The topological polar surface area (TPSA) is 20.3 Å². The van der Waals surface area contributed by atoms with Gasteiger partial charge in [-0.1, -0.05) is 0 Å². The van der Waals surface area contributed by atoms with Crippen molar-refractivity contribution in [3.05, 3.63) is 29.1 Å². The summed E-state index contributed by atoms with van der Waals surface area (Å²) < 4.78 is 65.6. The molecule has 2 rings (SSSR count). The molecule has 1 aliphatic rings. The SMILES string of the molecule is O=C1CC(S)CN1c1c(F)c(F)c(F)c(F)c1F. The Bertz CT molecular complexity index is 506. The number of nitrogens with zero attached hydrogens (tertiary/aromatic N) is 1. The van der Waals surface area contributed by atoms with Crippen molar-refractivity contribution in [2.75, 3.05) is 11.4 Å². The normalized spacial score (nSPS) is 19.8. The van der Waals surface area contributed by atoms with Gasteiger partial charge in [-0.3, -0.25) is 4.79 Å². The van der Waals surface area contributed by atoms with Crippen molar-refractivity contribution < 1.29 is 26.7 Å². The molecular formula is C10H6F5NOS. The van der Waals surface area contributed by atoms with Crippen molar-refractivity contribution >= 4 is 24.2 Å². The summed E-state index contributed by atoms with van der Waals surface area (Å²) in [5.41, 5.74) is -1.21. The number of anilines is 1. The summed E-state index contributed by atoms with van der Waals surface area (Å²) >= 11 is 3.93. The van der Waals surface area contributed by atoms with Gasteiger partial charge in [-0.2, -0.15) is 12.6 Å². The average molecular weight is 283 g/mol. The van der Waals surface area contributed by atoms with Gasteiger partial charge in [-0.25, -0.2) is 22.0 Å². The van der Waals surface area contributed by atoms with Crippen LogP contribution in [0.15, 0.2) is 0 Å². The van der Waals surface area contributed by atoms with Gasteiger partial charge in [-0.15, -0.1) is 0 Å². The maximum absolute atomic E-state index is 13.4. The summed E-state index contributed by atoms with van der Waals surface area (Å²) in [6.45, 7) is -0.208. The monoisotopic (exact) mass is 283 g/mol. The predicted octanol–water partition coefficient (Wildman–Crippen LogP) is 2.42. The van der Waals surface area contributed by atoms with Crippen molar-refractivity contribution in [1.82, 2.24) is 0 Å². The van der Waals surface area contributed by atoms with Gasteiger partial charge in [0.05, 0.1) is 0 Å². The van der Waals surface area contributed by atoms with Crippen LogP contribution in [-0.4, -0.2) is 17.7 Å². The molecular weight excluding hydrogens is 277 g/mol. The molecule has 98 valence electrons. The number of thiol groups is 1. The molecule has 1 amide bonds. The Morgan fingerprint density at radius 3 is 1.78 bits per heavy atom. The van der Waals surface area contributed by atoms with Gasteiger partial charge in [-0.05, 0) is 0 Å². The molecule has 0 aliphatic carbocycles. The van der Waals surface area contributed by atoms with E-state index < -0.39 is 45.9 Å². The zero-order chi connectivity index (χ0) is 13.6. The fourth-order valence-electron chi connectivity index (χ4n) is 1.74. The van der Waals surface area contributed by atoms with E-state index in [4.69, 9.17) is 0 Å². The largest absolute Gasteiger partial charge is 0.306 e. The van der Waals surface area contributed by atoms with Crippen molar-refractivity contribution in [2.24, 2.45) is 0 Å². The summed E-state index contributed by atoms with van der Waals surface area (Å²) in [6, 6.07) is 0. The Hall–Kier alpha value is -1.31. The summed E-state index contributed by atoms with van der Waals surface area (Å²) in [4.78, 5) is 11.9. The van der Waals surface area contributed by atoms with E-state index in [1.165, 1.54) is 0 Å². The highest BCUT2D eigenvalue weighted by Gasteiger charge is 2.36. The van der Waals surface area contributed by atoms with Crippen LogP contribution in [-0.2, 0) is 4.79 Å². The minimum Gasteiger partial charge on any atom is -0.306 e. The van der Waals surface area contributed by atoms with Gasteiger partial charge in [0.25, 0.3) is 0 Å². The van der Waals surface area contributed by atoms with Gasteiger partial charge in [0.2, 0.25) is 11.7 Å². The molecule has 1 aromatic rings. The number of hydrogen-bond acceptors (Lipinski definition) is 2. The molecule has 1 saturated heterocycles. The van der Waals surface area contributed by atoms with E-state index in [2.05, 4.69) is 12.6 Å². The van der Waals surface area contributed by atoms with Crippen LogP contribution in [0.3, 0.4) is 0 Å². The maximum Gasteiger partial charge on any atom is 0.228 e. The molecule has 1 aromatic carbocycles. The van der Waals surface area contributed by atoms with Crippen molar-refractivity contribution in [1.29, 1.82) is 0 Å². The van der Waals surface area contributed by atoms with E-state index in [-0.39, 0.29) is 13.0 Å². The van der Waals surface area contributed by atoms with Crippen LogP contribution >= 0.6 is 12.6 Å². The van der Waals surface area contributed by atoms with Gasteiger partial charge in [0.1, 0.15) is 5.69 Å². The lowest BCUT2D eigenvalue weighted by molar-refractivity contribution is -0.117. The van der Waals surface area contributed by atoms with Crippen LogP contribution < -0.4 is 4.90 Å². The van der Waals surface area contributed by atoms with Gasteiger partial charge in [0.15, 0.2) is 23.3 Å². The first-order chi connectivity index (χ1) is 8.34. The highest BCUT2D eigenvalue weighted by molar-refractivity contribution is 7.81. The van der Waals surface area contributed by atoms with Gasteiger partial charge < -0.3 is 4.90 Å². The molecule has 8 heteroatoms. The lowest BCUT2D eigenvalue weighted by Gasteiger charge is -2.18. The number of carbonyl (C=O) groups excluding carboxylic acids is 1. The highest BCUT2D eigenvalue weighted by atomic mass is 32.1. The van der Waals surface area contributed by atoms with E-state index in [9.17, 15) is 26.7 Å². The zero-order valence-corrected chi connectivity index (χ0v) is 9.58. The van der Waals surface area contributed by atoms with Crippen molar-refractivity contribution in [3.8, 4) is 0 Å². The maximum atomic E-state index is 13.4. The summed E-state index contributed by atoms with van der Waals surface area (Å²) in [5, 5.41) is -0.507. The summed E-state index contributed by atoms with van der Waals surface area (Å²) in [6.07, 6.45) is -0.122. The molecule has 0 radical (unpaired) electrons. The lowest BCUT2D eigenvalue weighted by Crippen LogP contribution is -2.28. The van der Waals surface area contributed by atoms with E-state index in [1.54, 1.807) is 0 Å². The molecule has 1 unspecified atom stereocenters. The summed E-state index contributed by atoms with van der Waals surface area (Å²) in [7, 11) is 0. The second-order valence-electron chi connectivity index (χ2n) is 3.78. The minimum atomic E-state index is -2.25. The molecule has 18 heavy (non-hydrogen) atoms. The van der Waals surface area contributed by atoms with Crippen LogP contribution in [0.1, 0.15) is 6.42 Å². The first kappa shape index (κ1) is 13.1. The number of halogens is 5. The van der Waals surface area contributed by atoms with E-state index >= 15 is 0 Å². The average Bonchev–Trinajstić information content (AvgIpc) is 2.64. The first-order valence-corrected chi connectivity index (χ1v) is 5.36. The van der Waals surface area contributed by atoms with Crippen LogP contribution in [0.25, 0.3) is 0 Å². The molecule has 0 bridgehead atoms. The predicted molar refractivity (Wildman–Crippen MR) is 56.0 cm³/mol. The number of carbonyl (C=O) groups is 1. The molecule has 2 nitrogen and oxygen atoms in total. The van der Waals surface area contributed by atoms with Gasteiger partial charge >= 0.3 is 0 Å². The molecule has 1 heterocycles. The minimum absolute atomic E-state index is 0.122. The molecule has 0 spiro atoms. The third-order valence-electron chi connectivity index (χ3n) is 2.56. The van der Waals surface area contributed by atoms with Crippen LogP contribution in [0.2, 0.25) is 0 Å². The van der Waals surface area contributed by atoms with E-state index in [0.29, 0.717) is 4.90 Å². The Morgan fingerprint density at radius 2 is 1.39 bits per heavy atom. The zero-order valence-electron chi connectivity index (χ0n) is 8.68. The molecule has 1 atom stereocenters. The lowest BCUT2D eigenvalue weighted by atomic mass is 10.2. The first-order valence-electron chi connectivity index (χ1n) is 4.84. The second kappa shape index (κ2) is 4.42. The van der Waals surface area contributed by atoms with Crippen LogP contribution in [0.5, 0.6) is 0 Å². The molecule has 0 saturated carbocycles. The molecule has 0 aromatic heterocycles. The Morgan fingerprint density at radius 1 is 0.944 bits per heavy atom. The van der Waals surface area contributed by atoms with E-state index in [1.807, 2.05) is 0 Å². The number of amides is 1. The number of hydrogen-bond donors (Lipinski definition) is 1. The molecule has 0 N–H and O–H groups in total. The van der Waals surface area contributed by atoms with E-state index in [0.717, 1.165) is 0 Å². The van der Waals surface area contributed by atoms with Crippen molar-refractivity contribution in [3.63, 3.8) is 0 Å². The molecule has 1 aliphatic heterocycles. The fourth-order valence-corrected chi connectivity index (χ4v) is 2.05. The highest BCUT2D eigenvalue weighted by Crippen LogP contribution is 2.33. The van der Waals surface area contributed by atoms with Crippen molar-refractivity contribution in [2.45, 2.75) is 11.7 Å². The third kappa shape index (κ3) is 1.84. The number of benzene rings is 1. The van der Waals surface area contributed by atoms with Crippen LogP contribution in [0, 0.1) is 29.1 Å². The third-order valence-corrected chi connectivity index (χ3v) is 2.91. The Labute approximate surface area is 104 Å². The van der Waals surface area contributed by atoms with Crippen LogP contribution in [0.4, 0.5) is 27.6 Å². The quantitative estimate of drug-likeness (QED) is 0.363. The fraction of sp³-hybridized carbons (Fsp3) is 0.300. The summed E-state index contributed by atoms with van der Waals surface area (Å²) in [5.74, 6) is -11.1. The Balaban J connectivity index is 2.62. The smallest absolute Gasteiger partial charge is 0.228 e. The molecule has 1 fully saturated rings. The second-order valence-corrected chi connectivity index (χ2v) is 4.51. The Kier molecular flexibility index (Phi) is 3.22.